The number of aliphatic hydroxyl groups is 1. The summed E-state index contributed by atoms with van der Waals surface area (Å²) in [5.74, 6) is 0. The van der Waals surface area contributed by atoms with Gasteiger partial charge in [-0.05, 0) is 19.4 Å². The summed E-state index contributed by atoms with van der Waals surface area (Å²) in [4.78, 5) is 0. The molecule has 1 aromatic heterocycles. The highest BCUT2D eigenvalue weighted by Gasteiger charge is 2.10. The second-order valence-corrected chi connectivity index (χ2v) is 4.97. The Morgan fingerprint density at radius 1 is 1.41 bits per heavy atom. The molecular weight excluding hydrogens is 214 g/mol. The molecule has 0 bridgehead atoms. The van der Waals surface area contributed by atoms with Crippen molar-refractivity contribution in [1.29, 1.82) is 0 Å². The van der Waals surface area contributed by atoms with Gasteiger partial charge in [-0.2, -0.15) is 5.10 Å². The highest BCUT2D eigenvalue weighted by molar-refractivity contribution is 5.01. The van der Waals surface area contributed by atoms with Crippen molar-refractivity contribution in [3.63, 3.8) is 0 Å². The summed E-state index contributed by atoms with van der Waals surface area (Å²) < 4.78 is 1.97. The van der Waals surface area contributed by atoms with Crippen molar-refractivity contribution in [3.8, 4) is 0 Å². The predicted octanol–water partition coefficient (Wildman–Crippen LogP) is 1.76. The molecule has 0 saturated carbocycles. The monoisotopic (exact) mass is 239 g/mol. The van der Waals surface area contributed by atoms with Gasteiger partial charge in [-0.15, -0.1) is 0 Å². The molecule has 4 heteroatoms. The lowest BCUT2D eigenvalue weighted by Gasteiger charge is -2.13. The van der Waals surface area contributed by atoms with E-state index in [0.29, 0.717) is 25.0 Å². The summed E-state index contributed by atoms with van der Waals surface area (Å²) in [6.07, 6.45) is 3.31. The van der Waals surface area contributed by atoms with Crippen LogP contribution in [0, 0.1) is 0 Å². The Hall–Kier alpha value is -0.870. The van der Waals surface area contributed by atoms with Gasteiger partial charge in [0.25, 0.3) is 0 Å². The van der Waals surface area contributed by atoms with E-state index in [-0.39, 0.29) is 6.10 Å². The third-order valence-electron chi connectivity index (χ3n) is 2.91. The lowest BCUT2D eigenvalue weighted by molar-refractivity contribution is 0.167. The number of rotatable bonds is 7. The molecule has 0 radical (unpaired) electrons. The van der Waals surface area contributed by atoms with Crippen molar-refractivity contribution in [2.75, 3.05) is 6.54 Å². The number of hydrogen-bond donors (Lipinski definition) is 2. The fraction of sp³-hybridized carbons (Fsp3) is 0.769. The fourth-order valence-electron chi connectivity index (χ4n) is 1.60. The zero-order valence-electron chi connectivity index (χ0n) is 11.3. The fourth-order valence-corrected chi connectivity index (χ4v) is 1.60. The summed E-state index contributed by atoms with van der Waals surface area (Å²) in [7, 11) is 0. The van der Waals surface area contributed by atoms with Crippen molar-refractivity contribution >= 4 is 0 Å². The van der Waals surface area contributed by atoms with E-state index < -0.39 is 0 Å². The quantitative estimate of drug-likeness (QED) is 0.762. The Balaban J connectivity index is 2.43. The van der Waals surface area contributed by atoms with Crippen molar-refractivity contribution in [2.24, 2.45) is 0 Å². The second kappa shape index (κ2) is 6.77. The molecule has 17 heavy (non-hydrogen) atoms. The molecule has 2 N–H and O–H groups in total. The van der Waals surface area contributed by atoms with Crippen molar-refractivity contribution < 1.29 is 5.11 Å². The van der Waals surface area contributed by atoms with E-state index in [2.05, 4.69) is 38.1 Å². The first kappa shape index (κ1) is 14.2. The van der Waals surface area contributed by atoms with E-state index in [4.69, 9.17) is 0 Å². The van der Waals surface area contributed by atoms with E-state index in [0.717, 1.165) is 12.1 Å². The Bertz CT molecular complexity index is 322. The first-order chi connectivity index (χ1) is 8.02. The molecule has 0 fully saturated rings. The van der Waals surface area contributed by atoms with Crippen LogP contribution in [-0.2, 0) is 6.42 Å². The zero-order valence-corrected chi connectivity index (χ0v) is 11.3. The van der Waals surface area contributed by atoms with Gasteiger partial charge >= 0.3 is 0 Å². The number of nitrogens with one attached hydrogen (secondary N) is 1. The van der Waals surface area contributed by atoms with E-state index in [9.17, 15) is 5.11 Å². The molecule has 2 unspecified atom stereocenters. The maximum atomic E-state index is 9.84. The molecule has 0 aliphatic carbocycles. The van der Waals surface area contributed by atoms with Crippen LogP contribution in [0.3, 0.4) is 0 Å². The van der Waals surface area contributed by atoms with Gasteiger partial charge in [0.2, 0.25) is 0 Å². The van der Waals surface area contributed by atoms with Crippen LogP contribution in [0.15, 0.2) is 12.3 Å². The van der Waals surface area contributed by atoms with Crippen molar-refractivity contribution in [1.82, 2.24) is 15.1 Å². The summed E-state index contributed by atoms with van der Waals surface area (Å²) in [5.41, 5.74) is 0.961. The number of aliphatic hydroxyl groups excluding tert-OH is 1. The van der Waals surface area contributed by atoms with Crippen LogP contribution in [0.5, 0.6) is 0 Å². The Kier molecular flexibility index (Phi) is 5.65. The van der Waals surface area contributed by atoms with Gasteiger partial charge in [0.15, 0.2) is 0 Å². The molecule has 0 aromatic carbocycles. The summed E-state index contributed by atoms with van der Waals surface area (Å²) in [6, 6.07) is 2.82. The maximum Gasteiger partial charge on any atom is 0.0720 e. The summed E-state index contributed by atoms with van der Waals surface area (Å²) >= 11 is 0. The highest BCUT2D eigenvalue weighted by atomic mass is 16.3. The van der Waals surface area contributed by atoms with Gasteiger partial charge in [0, 0.05) is 31.2 Å². The zero-order chi connectivity index (χ0) is 12.8. The minimum absolute atomic E-state index is 0.363. The largest absolute Gasteiger partial charge is 0.391 e. The number of nitrogens with zero attached hydrogens (tertiary/aromatic N) is 2. The van der Waals surface area contributed by atoms with Crippen LogP contribution in [0.2, 0.25) is 0 Å². The van der Waals surface area contributed by atoms with Gasteiger partial charge in [-0.25, -0.2) is 0 Å². The van der Waals surface area contributed by atoms with E-state index >= 15 is 0 Å². The predicted molar refractivity (Wildman–Crippen MR) is 70.1 cm³/mol. The molecule has 0 aliphatic heterocycles. The van der Waals surface area contributed by atoms with Gasteiger partial charge in [0.1, 0.15) is 0 Å². The maximum absolute atomic E-state index is 9.84. The molecule has 98 valence electrons. The standard InChI is InChI=1S/C13H25N3O/c1-5-11(4)16-7-6-12(15-16)8-13(17)9-14-10(2)3/h6-7,10-11,13-14,17H,5,8-9H2,1-4H3. The normalized spacial score (nSPS) is 15.2. The number of hydrogen-bond acceptors (Lipinski definition) is 3. The SMILES string of the molecule is CCC(C)n1ccc(CC(O)CNC(C)C)n1. The lowest BCUT2D eigenvalue weighted by atomic mass is 10.2. The van der Waals surface area contributed by atoms with Crippen LogP contribution in [0.25, 0.3) is 0 Å². The second-order valence-electron chi connectivity index (χ2n) is 4.97. The Labute approximate surface area is 104 Å². The average Bonchev–Trinajstić information content (AvgIpc) is 2.73. The first-order valence-electron chi connectivity index (χ1n) is 6.48. The van der Waals surface area contributed by atoms with Gasteiger partial charge in [-0.3, -0.25) is 4.68 Å². The summed E-state index contributed by atoms with van der Waals surface area (Å²) in [6.45, 7) is 9.06. The molecule has 0 spiro atoms. The molecule has 1 heterocycles. The molecule has 1 rings (SSSR count). The third kappa shape index (κ3) is 4.88. The Morgan fingerprint density at radius 2 is 2.12 bits per heavy atom. The van der Waals surface area contributed by atoms with Crippen LogP contribution in [-0.4, -0.2) is 33.6 Å². The van der Waals surface area contributed by atoms with Gasteiger partial charge in [0.05, 0.1) is 11.8 Å². The minimum Gasteiger partial charge on any atom is -0.391 e. The first-order valence-corrected chi connectivity index (χ1v) is 6.48. The highest BCUT2D eigenvalue weighted by Crippen LogP contribution is 2.10. The number of aromatic nitrogens is 2. The summed E-state index contributed by atoms with van der Waals surface area (Å²) in [5, 5.41) is 17.5. The molecule has 2 atom stereocenters. The average molecular weight is 239 g/mol. The van der Waals surface area contributed by atoms with Crippen LogP contribution >= 0.6 is 0 Å². The van der Waals surface area contributed by atoms with Gasteiger partial charge < -0.3 is 10.4 Å². The van der Waals surface area contributed by atoms with Crippen LogP contribution in [0.1, 0.15) is 45.9 Å². The van der Waals surface area contributed by atoms with Crippen molar-refractivity contribution in [2.45, 2.75) is 58.7 Å². The molecule has 1 aromatic rings. The van der Waals surface area contributed by atoms with Gasteiger partial charge in [-0.1, -0.05) is 20.8 Å². The Morgan fingerprint density at radius 3 is 2.71 bits per heavy atom. The van der Waals surface area contributed by atoms with E-state index in [1.807, 2.05) is 16.9 Å². The molecule has 4 nitrogen and oxygen atoms in total. The molecular formula is C13H25N3O. The topological polar surface area (TPSA) is 50.1 Å². The smallest absolute Gasteiger partial charge is 0.0720 e. The molecule has 0 aliphatic rings. The van der Waals surface area contributed by atoms with Crippen molar-refractivity contribution in [3.05, 3.63) is 18.0 Å². The molecule has 0 amide bonds. The van der Waals surface area contributed by atoms with E-state index in [1.165, 1.54) is 0 Å². The van der Waals surface area contributed by atoms with Crippen LogP contribution < -0.4 is 5.32 Å². The van der Waals surface area contributed by atoms with E-state index in [1.54, 1.807) is 0 Å². The van der Waals surface area contributed by atoms with Crippen LogP contribution in [0.4, 0.5) is 0 Å². The lowest BCUT2D eigenvalue weighted by Crippen LogP contribution is -2.33. The minimum atomic E-state index is -0.363. The molecule has 0 saturated heterocycles. The third-order valence-corrected chi connectivity index (χ3v) is 2.91.